The first-order chi connectivity index (χ1) is 14.7. The molecule has 0 aromatic heterocycles. The van der Waals surface area contributed by atoms with Crippen LogP contribution in [0.5, 0.6) is 5.75 Å². The maximum atomic E-state index is 12.1. The van der Waals surface area contributed by atoms with E-state index in [1.165, 1.54) is 23.9 Å². The van der Waals surface area contributed by atoms with Crippen LogP contribution in [0.1, 0.15) is 0 Å². The molecule has 2 aromatic rings. The minimum atomic E-state index is -4.79. The van der Waals surface area contributed by atoms with E-state index in [-0.39, 0.29) is 28.7 Å². The molecular formula is C20H12F3N5O2S. The van der Waals surface area contributed by atoms with Crippen LogP contribution in [0.2, 0.25) is 0 Å². The van der Waals surface area contributed by atoms with Crippen molar-refractivity contribution in [1.82, 2.24) is 0 Å². The second kappa shape index (κ2) is 10.6. The molecule has 0 radical (unpaired) electrons. The third kappa shape index (κ3) is 7.65. The summed E-state index contributed by atoms with van der Waals surface area (Å²) in [7, 11) is 0. The first kappa shape index (κ1) is 23.1. The summed E-state index contributed by atoms with van der Waals surface area (Å²) in [5, 5.41) is 31.9. The molecule has 2 rings (SSSR count). The monoisotopic (exact) mass is 443 g/mol. The molecule has 0 saturated heterocycles. The zero-order valence-electron chi connectivity index (χ0n) is 15.5. The zero-order chi connectivity index (χ0) is 22.9. The first-order valence-electron chi connectivity index (χ1n) is 8.34. The second-order valence-corrected chi connectivity index (χ2v) is 6.69. The van der Waals surface area contributed by atoms with E-state index in [9.17, 15) is 18.0 Å². The number of nitrogens with zero attached hydrogens (tertiary/aromatic N) is 3. The van der Waals surface area contributed by atoms with Gasteiger partial charge >= 0.3 is 6.36 Å². The van der Waals surface area contributed by atoms with E-state index in [0.717, 1.165) is 17.0 Å². The van der Waals surface area contributed by atoms with Crippen molar-refractivity contribution >= 4 is 29.0 Å². The minimum Gasteiger partial charge on any atom is -0.406 e. The third-order valence-electron chi connectivity index (χ3n) is 3.45. The van der Waals surface area contributed by atoms with Crippen LogP contribution in [-0.4, -0.2) is 18.0 Å². The van der Waals surface area contributed by atoms with Gasteiger partial charge in [-0.1, -0.05) is 0 Å². The van der Waals surface area contributed by atoms with Crippen molar-refractivity contribution in [2.24, 2.45) is 0 Å². The van der Waals surface area contributed by atoms with Gasteiger partial charge < -0.3 is 15.4 Å². The van der Waals surface area contributed by atoms with E-state index in [0.29, 0.717) is 11.4 Å². The highest BCUT2D eigenvalue weighted by Gasteiger charge is 2.30. The summed E-state index contributed by atoms with van der Waals surface area (Å²) in [6.07, 6.45) is -4.79. The number of ether oxygens (including phenoxy) is 1. The van der Waals surface area contributed by atoms with Gasteiger partial charge in [0.25, 0.3) is 0 Å². The van der Waals surface area contributed by atoms with Gasteiger partial charge in [-0.05, 0) is 48.5 Å². The van der Waals surface area contributed by atoms with Crippen molar-refractivity contribution in [1.29, 1.82) is 15.8 Å². The van der Waals surface area contributed by atoms with Gasteiger partial charge in [-0.2, -0.15) is 15.8 Å². The maximum Gasteiger partial charge on any atom is 0.573 e. The lowest BCUT2D eigenvalue weighted by molar-refractivity contribution is -0.274. The molecule has 0 spiro atoms. The second-order valence-electron chi connectivity index (χ2n) is 5.64. The fourth-order valence-electron chi connectivity index (χ4n) is 2.15. The molecule has 0 unspecified atom stereocenters. The van der Waals surface area contributed by atoms with Crippen LogP contribution < -0.4 is 15.4 Å². The predicted octanol–water partition coefficient (Wildman–Crippen LogP) is 4.55. The number of allylic oxidation sites excluding steroid dienone is 2. The number of rotatable bonds is 7. The number of benzene rings is 2. The number of thioether (sulfide) groups is 1. The zero-order valence-corrected chi connectivity index (χ0v) is 16.3. The van der Waals surface area contributed by atoms with E-state index >= 15 is 0 Å². The maximum absolute atomic E-state index is 12.1. The highest BCUT2D eigenvalue weighted by Crippen LogP contribution is 2.25. The summed E-state index contributed by atoms with van der Waals surface area (Å²) in [4.78, 5) is 12.8. The Balaban J connectivity index is 1.89. The number of nitriles is 3. The van der Waals surface area contributed by atoms with Gasteiger partial charge in [-0.3, -0.25) is 4.79 Å². The van der Waals surface area contributed by atoms with Gasteiger partial charge in [0, 0.05) is 16.3 Å². The van der Waals surface area contributed by atoms with Crippen molar-refractivity contribution in [3.63, 3.8) is 0 Å². The normalized spacial score (nSPS) is 10.1. The van der Waals surface area contributed by atoms with Gasteiger partial charge in [0.15, 0.2) is 5.57 Å². The highest BCUT2D eigenvalue weighted by molar-refractivity contribution is 8.00. The lowest BCUT2D eigenvalue weighted by atomic mass is 10.2. The Bertz CT molecular complexity index is 1080. The van der Waals surface area contributed by atoms with E-state index in [4.69, 9.17) is 15.8 Å². The van der Waals surface area contributed by atoms with Crippen LogP contribution in [-0.2, 0) is 4.79 Å². The molecule has 0 bridgehead atoms. The number of halogens is 3. The van der Waals surface area contributed by atoms with Crippen LogP contribution in [0.15, 0.2) is 64.7 Å². The van der Waals surface area contributed by atoms with Gasteiger partial charge in [0.1, 0.15) is 29.7 Å². The number of nitrogens with one attached hydrogen (secondary N) is 2. The number of hydrogen-bond donors (Lipinski definition) is 2. The molecule has 0 aliphatic rings. The number of alkyl halides is 3. The summed E-state index contributed by atoms with van der Waals surface area (Å²) in [6.45, 7) is 0. The fraction of sp³-hybridized carbons (Fsp3) is 0.100. The Morgan fingerprint density at radius 2 is 1.45 bits per heavy atom. The first-order valence-corrected chi connectivity index (χ1v) is 9.32. The van der Waals surface area contributed by atoms with Crippen LogP contribution in [0.3, 0.4) is 0 Å². The van der Waals surface area contributed by atoms with Crippen LogP contribution >= 0.6 is 11.8 Å². The Morgan fingerprint density at radius 3 is 1.97 bits per heavy atom. The lowest BCUT2D eigenvalue weighted by Gasteiger charge is -2.10. The quantitative estimate of drug-likeness (QED) is 0.475. The van der Waals surface area contributed by atoms with Crippen molar-refractivity contribution < 1.29 is 22.7 Å². The Hall–Kier alpha value is -4.14. The molecule has 7 nitrogen and oxygen atoms in total. The van der Waals surface area contributed by atoms with Gasteiger partial charge in [0.2, 0.25) is 5.91 Å². The van der Waals surface area contributed by atoms with E-state index in [1.54, 1.807) is 42.5 Å². The molecule has 0 saturated carbocycles. The standard InChI is InChI=1S/C20H12F3N5O2S/c21-20(22,23)30-16-5-1-15(2-6-16)28-19(29)12-31-17-7-3-14(4-8-17)27-18(11-26)13(9-24)10-25/h1-8,27H,12H2,(H,28,29). The summed E-state index contributed by atoms with van der Waals surface area (Å²) in [5.74, 6) is -0.706. The topological polar surface area (TPSA) is 122 Å². The SMILES string of the molecule is N#CC(C#N)=C(C#N)Nc1ccc(SCC(=O)Nc2ccc(OC(F)(F)F)cc2)cc1. The minimum absolute atomic E-state index is 0.0456. The van der Waals surface area contributed by atoms with E-state index < -0.39 is 6.36 Å². The Labute approximate surface area is 179 Å². The van der Waals surface area contributed by atoms with Crippen molar-refractivity contribution in [3.8, 4) is 24.0 Å². The van der Waals surface area contributed by atoms with Crippen molar-refractivity contribution in [3.05, 3.63) is 59.8 Å². The number of carbonyl (C=O) groups is 1. The van der Waals surface area contributed by atoms with Crippen LogP contribution in [0.25, 0.3) is 0 Å². The number of carbonyl (C=O) groups excluding carboxylic acids is 1. The highest BCUT2D eigenvalue weighted by atomic mass is 32.2. The Kier molecular flexibility index (Phi) is 7.90. The molecule has 11 heteroatoms. The molecular weight excluding hydrogens is 431 g/mol. The smallest absolute Gasteiger partial charge is 0.406 e. The number of hydrogen-bond acceptors (Lipinski definition) is 7. The van der Waals surface area contributed by atoms with Crippen LogP contribution in [0.4, 0.5) is 24.5 Å². The summed E-state index contributed by atoms with van der Waals surface area (Å²) >= 11 is 1.21. The molecule has 1 amide bonds. The average molecular weight is 443 g/mol. The van der Waals surface area contributed by atoms with Crippen LogP contribution in [0, 0.1) is 34.0 Å². The third-order valence-corrected chi connectivity index (χ3v) is 4.46. The predicted molar refractivity (Wildman–Crippen MR) is 106 cm³/mol. The molecule has 156 valence electrons. The molecule has 2 aromatic carbocycles. The number of anilines is 2. The Morgan fingerprint density at radius 1 is 0.903 bits per heavy atom. The van der Waals surface area contributed by atoms with Crippen molar-refractivity contribution in [2.75, 3.05) is 16.4 Å². The summed E-state index contributed by atoms with van der Waals surface area (Å²) < 4.78 is 40.2. The van der Waals surface area contributed by atoms with E-state index in [2.05, 4.69) is 15.4 Å². The number of amides is 1. The molecule has 0 heterocycles. The molecule has 31 heavy (non-hydrogen) atoms. The molecule has 2 N–H and O–H groups in total. The molecule has 0 aliphatic carbocycles. The van der Waals surface area contributed by atoms with Crippen molar-refractivity contribution in [2.45, 2.75) is 11.3 Å². The van der Waals surface area contributed by atoms with Gasteiger partial charge in [-0.25, -0.2) is 0 Å². The molecule has 0 fully saturated rings. The lowest BCUT2D eigenvalue weighted by Crippen LogP contribution is -2.17. The fourth-order valence-corrected chi connectivity index (χ4v) is 2.85. The largest absolute Gasteiger partial charge is 0.573 e. The average Bonchev–Trinajstić information content (AvgIpc) is 2.73. The molecule has 0 atom stereocenters. The molecule has 0 aliphatic heterocycles. The van der Waals surface area contributed by atoms with Gasteiger partial charge in [0.05, 0.1) is 5.75 Å². The summed E-state index contributed by atoms with van der Waals surface area (Å²) in [6, 6.07) is 16.4. The van der Waals surface area contributed by atoms with Gasteiger partial charge in [-0.15, -0.1) is 24.9 Å². The van der Waals surface area contributed by atoms with E-state index in [1.807, 2.05) is 0 Å². The summed E-state index contributed by atoms with van der Waals surface area (Å²) in [5.41, 5.74) is 0.294.